The molecule has 2 heterocycles. The summed E-state index contributed by atoms with van der Waals surface area (Å²) in [6.07, 6.45) is 3.48. The first-order valence-electron chi connectivity index (χ1n) is 5.77. The molecule has 6 nitrogen and oxygen atoms in total. The van der Waals surface area contributed by atoms with Crippen LogP contribution in [0.25, 0.3) is 11.0 Å². The predicted octanol–water partition coefficient (Wildman–Crippen LogP) is 1.47. The molecule has 0 aliphatic heterocycles. The zero-order valence-electron chi connectivity index (χ0n) is 10.4. The lowest BCUT2D eigenvalue weighted by atomic mass is 10.1. The number of hydrogen-bond acceptors (Lipinski definition) is 3. The summed E-state index contributed by atoms with van der Waals surface area (Å²) in [5, 5.41) is 6.88. The van der Waals surface area contributed by atoms with Crippen LogP contribution >= 0.6 is 0 Å². The molecule has 0 aliphatic carbocycles. The predicted molar refractivity (Wildman–Crippen MR) is 71.9 cm³/mol. The van der Waals surface area contributed by atoms with E-state index in [2.05, 4.69) is 33.8 Å². The summed E-state index contributed by atoms with van der Waals surface area (Å²) < 4.78 is 0. The molecule has 0 unspecified atom stereocenters. The van der Waals surface area contributed by atoms with Crippen molar-refractivity contribution in [2.45, 2.75) is 20.3 Å². The van der Waals surface area contributed by atoms with Crippen LogP contribution in [0, 0.1) is 11.3 Å². The minimum Gasteiger partial charge on any atom is -0.382 e. The topological polar surface area (TPSA) is 104 Å². The maximum atomic E-state index is 6.88. The van der Waals surface area contributed by atoms with Crippen LogP contribution in [0.5, 0.6) is 0 Å². The number of amidine groups is 1. The van der Waals surface area contributed by atoms with Crippen molar-refractivity contribution < 1.29 is 0 Å². The molecular formula is C12H16N6. The highest BCUT2D eigenvalue weighted by molar-refractivity contribution is 6.01. The Morgan fingerprint density at radius 2 is 2.39 bits per heavy atom. The molecule has 4 N–H and O–H groups in total. The number of rotatable bonds is 4. The van der Waals surface area contributed by atoms with Gasteiger partial charge >= 0.3 is 0 Å². The largest absolute Gasteiger partial charge is 0.382 e. The molecule has 2 aromatic rings. The molecule has 6 heteroatoms. The molecule has 0 radical (unpaired) electrons. The van der Waals surface area contributed by atoms with E-state index in [1.165, 1.54) is 0 Å². The van der Waals surface area contributed by atoms with Gasteiger partial charge in [-0.15, -0.1) is 0 Å². The van der Waals surface area contributed by atoms with E-state index in [9.17, 15) is 0 Å². The summed E-state index contributed by atoms with van der Waals surface area (Å²) in [4.78, 5) is 15.6. The number of pyridine rings is 1. The van der Waals surface area contributed by atoms with Gasteiger partial charge in [0.1, 0.15) is 17.9 Å². The molecule has 0 atom stereocenters. The second kappa shape index (κ2) is 4.95. The fraction of sp³-hybridized carbons (Fsp3) is 0.333. The fourth-order valence-electron chi connectivity index (χ4n) is 1.72. The number of nitrogens with one attached hydrogen (secondary N) is 2. The smallest absolute Gasteiger partial charge is 0.151 e. The highest BCUT2D eigenvalue weighted by Crippen LogP contribution is 2.13. The number of aliphatic imine (C=N–C) groups is 1. The van der Waals surface area contributed by atoms with E-state index >= 15 is 0 Å². The number of aromatic nitrogens is 3. The lowest BCUT2D eigenvalue weighted by Gasteiger charge is -1.98. The summed E-state index contributed by atoms with van der Waals surface area (Å²) in [6.45, 7) is 4.29. The lowest BCUT2D eigenvalue weighted by molar-refractivity contribution is 0.627. The Morgan fingerprint density at radius 1 is 1.61 bits per heavy atom. The number of aromatic amines is 1. The molecule has 0 spiro atoms. The molecule has 0 aromatic carbocycles. The summed E-state index contributed by atoms with van der Waals surface area (Å²) >= 11 is 0. The molecule has 0 bridgehead atoms. The summed E-state index contributed by atoms with van der Waals surface area (Å²) in [5.41, 5.74) is 7.92. The Morgan fingerprint density at radius 3 is 3.06 bits per heavy atom. The maximum absolute atomic E-state index is 6.88. The first-order chi connectivity index (χ1) is 8.60. The fourth-order valence-corrected chi connectivity index (χ4v) is 1.72. The van der Waals surface area contributed by atoms with Crippen LogP contribution in [0.3, 0.4) is 0 Å². The Balaban J connectivity index is 2.39. The van der Waals surface area contributed by atoms with Crippen LogP contribution in [0.15, 0.2) is 17.3 Å². The lowest BCUT2D eigenvalue weighted by Crippen LogP contribution is -2.14. The van der Waals surface area contributed by atoms with Gasteiger partial charge in [0.25, 0.3) is 0 Å². The third-order valence-electron chi connectivity index (χ3n) is 2.48. The van der Waals surface area contributed by atoms with Crippen LogP contribution in [-0.4, -0.2) is 27.1 Å². The van der Waals surface area contributed by atoms with Gasteiger partial charge in [-0.05, 0) is 12.0 Å². The number of H-pyrrole nitrogens is 1. The highest BCUT2D eigenvalue weighted by Gasteiger charge is 2.07. The Hall–Kier alpha value is -2.24. The second-order valence-corrected chi connectivity index (χ2v) is 4.51. The van der Waals surface area contributed by atoms with E-state index in [0.29, 0.717) is 11.6 Å². The number of nitrogens with zero attached hydrogens (tertiary/aromatic N) is 3. The Labute approximate surface area is 105 Å². The van der Waals surface area contributed by atoms with Crippen LogP contribution in [-0.2, 0) is 6.42 Å². The molecule has 0 amide bonds. The maximum Gasteiger partial charge on any atom is 0.151 e. The molecule has 18 heavy (non-hydrogen) atoms. The van der Waals surface area contributed by atoms with E-state index in [4.69, 9.17) is 11.1 Å². The molecule has 94 valence electrons. The summed E-state index contributed by atoms with van der Waals surface area (Å²) in [7, 11) is 0. The van der Waals surface area contributed by atoms with Gasteiger partial charge in [0.2, 0.25) is 0 Å². The number of imidazole rings is 1. The standard InChI is InChI=1S/C12H16N6/c1-7(2)3-11-17-8-4-9(12(14)16-6-13)15-5-10(8)18-11/h4-7H,3H2,1-2H3,(H,17,18)(H3,13,14,16). The molecular weight excluding hydrogens is 228 g/mol. The number of fused-ring (bicyclic) bond motifs is 1. The molecule has 0 saturated carbocycles. The van der Waals surface area contributed by atoms with E-state index in [1.54, 1.807) is 12.3 Å². The first kappa shape index (κ1) is 12.2. The van der Waals surface area contributed by atoms with Gasteiger partial charge in [-0.3, -0.25) is 10.4 Å². The van der Waals surface area contributed by atoms with Crippen molar-refractivity contribution in [2.75, 3.05) is 0 Å². The van der Waals surface area contributed by atoms with Crippen LogP contribution in [0.2, 0.25) is 0 Å². The average molecular weight is 244 g/mol. The molecule has 0 fully saturated rings. The van der Waals surface area contributed by atoms with Gasteiger partial charge in [-0.2, -0.15) is 0 Å². The zero-order chi connectivity index (χ0) is 13.1. The minimum absolute atomic E-state index is 0.223. The second-order valence-electron chi connectivity index (χ2n) is 4.51. The van der Waals surface area contributed by atoms with Crippen molar-refractivity contribution in [3.05, 3.63) is 23.8 Å². The van der Waals surface area contributed by atoms with Crippen molar-refractivity contribution >= 4 is 23.2 Å². The third-order valence-corrected chi connectivity index (χ3v) is 2.48. The van der Waals surface area contributed by atoms with Crippen LogP contribution < -0.4 is 5.73 Å². The van der Waals surface area contributed by atoms with Crippen molar-refractivity contribution in [1.82, 2.24) is 15.0 Å². The quantitative estimate of drug-likeness (QED) is 0.560. The highest BCUT2D eigenvalue weighted by atomic mass is 14.9. The summed E-state index contributed by atoms with van der Waals surface area (Å²) in [5.74, 6) is 1.71. The molecule has 0 aliphatic rings. The monoisotopic (exact) mass is 244 g/mol. The van der Waals surface area contributed by atoms with Crippen molar-refractivity contribution in [1.29, 1.82) is 5.41 Å². The van der Waals surface area contributed by atoms with E-state index < -0.39 is 0 Å². The zero-order valence-corrected chi connectivity index (χ0v) is 10.4. The molecule has 2 aromatic heterocycles. The van der Waals surface area contributed by atoms with Gasteiger partial charge in [0, 0.05) is 6.42 Å². The summed E-state index contributed by atoms with van der Waals surface area (Å²) in [6, 6.07) is 1.78. The Bertz CT molecular complexity index is 596. The normalized spacial score (nSPS) is 12.3. The first-order valence-corrected chi connectivity index (χ1v) is 5.77. The van der Waals surface area contributed by atoms with Crippen LogP contribution in [0.1, 0.15) is 25.4 Å². The molecule has 0 saturated heterocycles. The van der Waals surface area contributed by atoms with Crippen molar-refractivity contribution in [3.63, 3.8) is 0 Å². The van der Waals surface area contributed by atoms with Gasteiger partial charge in [0.05, 0.1) is 17.2 Å². The average Bonchev–Trinajstić information content (AvgIpc) is 2.69. The van der Waals surface area contributed by atoms with Crippen LogP contribution in [0.4, 0.5) is 0 Å². The van der Waals surface area contributed by atoms with Gasteiger partial charge in [0.15, 0.2) is 5.84 Å². The number of hydrogen-bond donors (Lipinski definition) is 3. The van der Waals surface area contributed by atoms with E-state index in [-0.39, 0.29) is 5.84 Å². The minimum atomic E-state index is 0.223. The Kier molecular flexibility index (Phi) is 3.36. The third kappa shape index (κ3) is 2.53. The van der Waals surface area contributed by atoms with Gasteiger partial charge < -0.3 is 10.7 Å². The SMILES string of the molecule is CC(C)Cc1nc2cc(C(N)=NC=N)ncc2[nH]1. The van der Waals surface area contributed by atoms with Crippen molar-refractivity contribution in [2.24, 2.45) is 16.6 Å². The van der Waals surface area contributed by atoms with Gasteiger partial charge in [-0.25, -0.2) is 9.98 Å². The van der Waals surface area contributed by atoms with Crippen molar-refractivity contribution in [3.8, 4) is 0 Å². The van der Waals surface area contributed by atoms with E-state index in [1.807, 2.05) is 0 Å². The van der Waals surface area contributed by atoms with Gasteiger partial charge in [-0.1, -0.05) is 13.8 Å². The van der Waals surface area contributed by atoms with E-state index in [0.717, 1.165) is 29.6 Å². The molecule has 2 rings (SSSR count). The number of nitrogens with two attached hydrogens (primary N) is 1.